The second-order valence-electron chi connectivity index (χ2n) is 7.02. The number of aromatic nitrogens is 3. The lowest BCUT2D eigenvalue weighted by Crippen LogP contribution is -2.26. The van der Waals surface area contributed by atoms with Gasteiger partial charge in [-0.05, 0) is 48.9 Å². The van der Waals surface area contributed by atoms with Crippen LogP contribution in [-0.2, 0) is 7.05 Å². The summed E-state index contributed by atoms with van der Waals surface area (Å²) >= 11 is 5.74. The number of aryl methyl sites for hydroxylation is 1. The number of benzene rings is 2. The molecule has 4 aromatic rings. The molecule has 31 heavy (non-hydrogen) atoms. The van der Waals surface area contributed by atoms with Gasteiger partial charge in [0.1, 0.15) is 0 Å². The van der Waals surface area contributed by atoms with E-state index in [4.69, 9.17) is 16.3 Å². The average Bonchev–Trinajstić information content (AvgIpc) is 3.03. The van der Waals surface area contributed by atoms with E-state index >= 15 is 0 Å². The van der Waals surface area contributed by atoms with Gasteiger partial charge in [-0.3, -0.25) is 9.36 Å². The number of pyridine rings is 1. The van der Waals surface area contributed by atoms with Crippen LogP contribution < -0.4 is 15.7 Å². The van der Waals surface area contributed by atoms with Crippen molar-refractivity contribution in [2.45, 2.75) is 13.0 Å². The molecule has 4 rings (SSSR count). The predicted molar refractivity (Wildman–Crippen MR) is 115 cm³/mol. The number of rotatable bonds is 5. The van der Waals surface area contributed by atoms with Gasteiger partial charge in [0, 0.05) is 29.9 Å². The molecular weight excluding hydrogens is 423 g/mol. The van der Waals surface area contributed by atoms with Crippen LogP contribution >= 0.6 is 11.6 Å². The number of imidazole rings is 1. The van der Waals surface area contributed by atoms with E-state index < -0.39 is 5.82 Å². The molecule has 0 unspecified atom stereocenters. The van der Waals surface area contributed by atoms with Gasteiger partial charge in [0.2, 0.25) is 5.88 Å². The molecule has 9 heteroatoms. The van der Waals surface area contributed by atoms with Gasteiger partial charge < -0.3 is 15.0 Å². The molecule has 0 saturated heterocycles. The SMILES string of the molecule is C[C@H](NC(=O)c1ccc2c(c1)[nH]c(=O)n2C)c1ccc(Oc2ccc(Cl)cc2F)nc1. The molecule has 0 aliphatic carbocycles. The fraction of sp³-hybridized carbons (Fsp3) is 0.136. The first-order chi connectivity index (χ1) is 14.8. The standard InChI is InChI=1S/C22H18ClFN4O3/c1-12(26-21(29)13-3-6-18-17(9-13)27-22(30)28(18)2)14-4-8-20(25-11-14)31-19-7-5-15(23)10-16(19)24/h3-12H,1-2H3,(H,26,29)(H,27,30)/t12-/m0/s1. The Hall–Kier alpha value is -3.65. The van der Waals surface area contributed by atoms with Crippen molar-refractivity contribution in [2.24, 2.45) is 7.05 Å². The molecule has 0 radical (unpaired) electrons. The molecule has 2 N–H and O–H groups in total. The molecule has 0 spiro atoms. The van der Waals surface area contributed by atoms with Gasteiger partial charge in [0.25, 0.3) is 5.91 Å². The molecule has 0 fully saturated rings. The maximum Gasteiger partial charge on any atom is 0.326 e. The highest BCUT2D eigenvalue weighted by atomic mass is 35.5. The van der Waals surface area contributed by atoms with Gasteiger partial charge in [-0.25, -0.2) is 14.2 Å². The molecule has 1 amide bonds. The van der Waals surface area contributed by atoms with Crippen LogP contribution in [0.1, 0.15) is 28.9 Å². The summed E-state index contributed by atoms with van der Waals surface area (Å²) in [6.07, 6.45) is 1.55. The van der Waals surface area contributed by atoms with E-state index in [1.54, 1.807) is 43.6 Å². The molecule has 0 saturated carbocycles. The zero-order valence-electron chi connectivity index (χ0n) is 16.6. The van der Waals surface area contributed by atoms with Gasteiger partial charge in [0.15, 0.2) is 11.6 Å². The number of halogens is 2. The van der Waals surface area contributed by atoms with Gasteiger partial charge in [0.05, 0.1) is 17.1 Å². The van der Waals surface area contributed by atoms with Crippen molar-refractivity contribution in [3.05, 3.63) is 87.2 Å². The Morgan fingerprint density at radius 2 is 2.03 bits per heavy atom. The second-order valence-corrected chi connectivity index (χ2v) is 7.46. The summed E-state index contributed by atoms with van der Waals surface area (Å²) in [4.78, 5) is 31.2. The van der Waals surface area contributed by atoms with Crippen LogP contribution in [-0.4, -0.2) is 20.4 Å². The quantitative estimate of drug-likeness (QED) is 0.483. The van der Waals surface area contributed by atoms with Gasteiger partial charge in [-0.15, -0.1) is 0 Å². The number of ether oxygens (including phenoxy) is 1. The van der Waals surface area contributed by atoms with E-state index in [9.17, 15) is 14.0 Å². The predicted octanol–water partition coefficient (Wildman–Crippen LogP) is 4.34. The van der Waals surface area contributed by atoms with Crippen molar-refractivity contribution in [3.8, 4) is 11.6 Å². The number of hydrogen-bond acceptors (Lipinski definition) is 4. The van der Waals surface area contributed by atoms with Crippen LogP contribution in [0.25, 0.3) is 11.0 Å². The van der Waals surface area contributed by atoms with E-state index in [1.807, 2.05) is 6.92 Å². The number of carbonyl (C=O) groups is 1. The molecular formula is C22H18ClFN4O3. The number of H-pyrrole nitrogens is 1. The third kappa shape index (κ3) is 4.29. The van der Waals surface area contributed by atoms with E-state index in [2.05, 4.69) is 15.3 Å². The summed E-state index contributed by atoms with van der Waals surface area (Å²) in [6.45, 7) is 1.82. The Morgan fingerprint density at radius 1 is 1.23 bits per heavy atom. The van der Waals surface area contributed by atoms with Crippen LogP contribution in [0, 0.1) is 5.82 Å². The Labute approximate surface area is 181 Å². The monoisotopic (exact) mass is 440 g/mol. The van der Waals surface area contributed by atoms with Crippen LogP contribution in [0.5, 0.6) is 11.6 Å². The summed E-state index contributed by atoms with van der Waals surface area (Å²) in [5, 5.41) is 3.16. The zero-order valence-corrected chi connectivity index (χ0v) is 17.4. The highest BCUT2D eigenvalue weighted by molar-refractivity contribution is 6.30. The van der Waals surface area contributed by atoms with E-state index in [-0.39, 0.29) is 34.3 Å². The Balaban J connectivity index is 1.45. The number of nitrogens with zero attached hydrogens (tertiary/aromatic N) is 2. The largest absolute Gasteiger partial charge is 0.436 e. The van der Waals surface area contributed by atoms with Crippen LogP contribution in [0.4, 0.5) is 4.39 Å². The lowest BCUT2D eigenvalue weighted by atomic mass is 10.1. The highest BCUT2D eigenvalue weighted by Gasteiger charge is 2.14. The Bertz CT molecular complexity index is 1330. The molecule has 1 atom stereocenters. The lowest BCUT2D eigenvalue weighted by Gasteiger charge is -2.15. The topological polar surface area (TPSA) is 89.0 Å². The molecule has 0 aliphatic heterocycles. The van der Waals surface area contributed by atoms with Crippen molar-refractivity contribution < 1.29 is 13.9 Å². The van der Waals surface area contributed by atoms with E-state index in [0.29, 0.717) is 16.6 Å². The number of amides is 1. The normalized spacial score (nSPS) is 12.0. The Kier molecular flexibility index (Phi) is 5.48. The molecule has 0 bridgehead atoms. The molecule has 2 heterocycles. The van der Waals surface area contributed by atoms with Crippen molar-refractivity contribution in [2.75, 3.05) is 0 Å². The van der Waals surface area contributed by atoms with Crippen molar-refractivity contribution >= 4 is 28.5 Å². The Morgan fingerprint density at radius 3 is 2.74 bits per heavy atom. The lowest BCUT2D eigenvalue weighted by molar-refractivity contribution is 0.0940. The van der Waals surface area contributed by atoms with Gasteiger partial charge in [-0.1, -0.05) is 17.7 Å². The minimum atomic E-state index is -0.587. The van der Waals surface area contributed by atoms with Crippen LogP contribution in [0.15, 0.2) is 59.5 Å². The van der Waals surface area contributed by atoms with E-state index in [0.717, 1.165) is 11.6 Å². The maximum atomic E-state index is 13.9. The summed E-state index contributed by atoms with van der Waals surface area (Å²) < 4.78 is 20.8. The minimum Gasteiger partial charge on any atom is -0.436 e. The fourth-order valence-electron chi connectivity index (χ4n) is 3.12. The minimum absolute atomic E-state index is 0.0142. The number of aromatic amines is 1. The second kappa shape index (κ2) is 8.23. The smallest absolute Gasteiger partial charge is 0.326 e. The summed E-state index contributed by atoms with van der Waals surface area (Å²) in [5.74, 6) is -0.652. The van der Waals surface area contributed by atoms with Crippen LogP contribution in [0.2, 0.25) is 5.02 Å². The first-order valence-corrected chi connectivity index (χ1v) is 9.78. The van der Waals surface area contributed by atoms with Crippen molar-refractivity contribution in [3.63, 3.8) is 0 Å². The molecule has 7 nitrogen and oxygen atoms in total. The number of fused-ring (bicyclic) bond motifs is 1. The molecule has 158 valence electrons. The van der Waals surface area contributed by atoms with Gasteiger partial charge in [-0.2, -0.15) is 0 Å². The fourth-order valence-corrected chi connectivity index (χ4v) is 3.28. The van der Waals surface area contributed by atoms with Crippen molar-refractivity contribution in [1.82, 2.24) is 19.9 Å². The average molecular weight is 441 g/mol. The third-order valence-electron chi connectivity index (χ3n) is 4.88. The summed E-state index contributed by atoms with van der Waals surface area (Å²) in [6, 6.07) is 12.1. The summed E-state index contributed by atoms with van der Waals surface area (Å²) in [5.41, 5.74) is 2.23. The van der Waals surface area contributed by atoms with Gasteiger partial charge >= 0.3 is 5.69 Å². The highest BCUT2D eigenvalue weighted by Crippen LogP contribution is 2.26. The molecule has 2 aromatic heterocycles. The number of nitrogens with one attached hydrogen (secondary N) is 2. The number of carbonyl (C=O) groups excluding carboxylic acids is 1. The molecule has 0 aliphatic rings. The molecule has 2 aromatic carbocycles. The maximum absolute atomic E-state index is 13.9. The first-order valence-electron chi connectivity index (χ1n) is 9.40. The summed E-state index contributed by atoms with van der Waals surface area (Å²) in [7, 11) is 1.66. The van der Waals surface area contributed by atoms with E-state index in [1.165, 1.54) is 16.7 Å². The number of hydrogen-bond donors (Lipinski definition) is 2. The van der Waals surface area contributed by atoms with Crippen LogP contribution in [0.3, 0.4) is 0 Å². The zero-order chi connectivity index (χ0) is 22.1. The van der Waals surface area contributed by atoms with Crippen molar-refractivity contribution in [1.29, 1.82) is 0 Å². The third-order valence-corrected chi connectivity index (χ3v) is 5.12. The first kappa shape index (κ1) is 20.6.